The largest absolute Gasteiger partial charge is 0.507 e. The Morgan fingerprint density at radius 2 is 2.00 bits per heavy atom. The average molecular weight is 288 g/mol. The summed E-state index contributed by atoms with van der Waals surface area (Å²) in [6, 6.07) is 4.96. The number of phenolic OH excluding ortho intramolecular Hbond substituents is 1. The van der Waals surface area contributed by atoms with Gasteiger partial charge in [-0.2, -0.15) is 0 Å². The van der Waals surface area contributed by atoms with Crippen molar-refractivity contribution in [1.29, 1.82) is 0 Å². The standard InChI is InChI=1S/C11H14BrNO3/c1-11(6-14,7-15)13-5-8-4-9(12)2-3-10(8)16/h2-5,14-16H,6-7H2,1H3. The van der Waals surface area contributed by atoms with Gasteiger partial charge < -0.3 is 15.3 Å². The molecule has 0 fully saturated rings. The van der Waals surface area contributed by atoms with E-state index in [2.05, 4.69) is 20.9 Å². The lowest BCUT2D eigenvalue weighted by Crippen LogP contribution is -2.31. The molecule has 4 nitrogen and oxygen atoms in total. The molecule has 1 aromatic rings. The van der Waals surface area contributed by atoms with E-state index in [0.29, 0.717) is 5.56 Å². The minimum Gasteiger partial charge on any atom is -0.507 e. The summed E-state index contributed by atoms with van der Waals surface area (Å²) in [5.74, 6) is 0.102. The normalized spacial score (nSPS) is 12.2. The van der Waals surface area contributed by atoms with Gasteiger partial charge in [0.15, 0.2) is 0 Å². The molecule has 0 aliphatic carbocycles. The smallest absolute Gasteiger partial charge is 0.124 e. The van der Waals surface area contributed by atoms with E-state index in [1.54, 1.807) is 25.1 Å². The first-order chi connectivity index (χ1) is 7.50. The van der Waals surface area contributed by atoms with Crippen molar-refractivity contribution in [2.24, 2.45) is 4.99 Å². The second kappa shape index (κ2) is 5.43. The fourth-order valence-corrected chi connectivity index (χ4v) is 1.36. The third-order valence-electron chi connectivity index (χ3n) is 2.19. The lowest BCUT2D eigenvalue weighted by Gasteiger charge is -2.18. The molecule has 1 rings (SSSR count). The molecule has 0 aliphatic heterocycles. The van der Waals surface area contributed by atoms with Gasteiger partial charge >= 0.3 is 0 Å². The van der Waals surface area contributed by atoms with Crippen LogP contribution in [0.2, 0.25) is 0 Å². The number of halogens is 1. The summed E-state index contributed by atoms with van der Waals surface area (Å²) in [7, 11) is 0. The van der Waals surface area contributed by atoms with Gasteiger partial charge in [0.25, 0.3) is 0 Å². The van der Waals surface area contributed by atoms with Crippen molar-refractivity contribution in [2.45, 2.75) is 12.5 Å². The van der Waals surface area contributed by atoms with Crippen molar-refractivity contribution in [3.63, 3.8) is 0 Å². The van der Waals surface area contributed by atoms with E-state index in [1.165, 1.54) is 6.21 Å². The molecule has 0 spiro atoms. The fraction of sp³-hybridized carbons (Fsp3) is 0.364. The number of hydrogen-bond donors (Lipinski definition) is 3. The lowest BCUT2D eigenvalue weighted by atomic mass is 10.1. The number of phenols is 1. The molecule has 0 radical (unpaired) electrons. The van der Waals surface area contributed by atoms with Gasteiger partial charge in [-0.15, -0.1) is 0 Å². The number of rotatable bonds is 4. The van der Waals surface area contributed by atoms with Crippen molar-refractivity contribution >= 4 is 22.1 Å². The molecule has 5 heteroatoms. The fourth-order valence-electron chi connectivity index (χ4n) is 0.986. The zero-order chi connectivity index (χ0) is 12.2. The summed E-state index contributed by atoms with van der Waals surface area (Å²) < 4.78 is 0.821. The number of aliphatic hydroxyl groups is 2. The lowest BCUT2D eigenvalue weighted by molar-refractivity contribution is 0.136. The number of hydrogen-bond acceptors (Lipinski definition) is 4. The average Bonchev–Trinajstić information content (AvgIpc) is 2.30. The zero-order valence-corrected chi connectivity index (χ0v) is 10.5. The number of nitrogens with zero attached hydrogens (tertiary/aromatic N) is 1. The third-order valence-corrected chi connectivity index (χ3v) is 2.68. The Bertz CT molecular complexity index is 389. The Morgan fingerprint density at radius 1 is 1.38 bits per heavy atom. The van der Waals surface area contributed by atoms with E-state index in [0.717, 1.165) is 4.47 Å². The molecular weight excluding hydrogens is 274 g/mol. The molecule has 0 atom stereocenters. The van der Waals surface area contributed by atoms with Crippen LogP contribution < -0.4 is 0 Å². The van der Waals surface area contributed by atoms with Gasteiger partial charge in [0.05, 0.1) is 13.2 Å². The molecule has 0 aromatic heterocycles. The highest BCUT2D eigenvalue weighted by atomic mass is 79.9. The Labute approximate surface area is 102 Å². The van der Waals surface area contributed by atoms with Crippen LogP contribution in [-0.2, 0) is 0 Å². The first-order valence-corrected chi connectivity index (χ1v) is 5.55. The van der Waals surface area contributed by atoms with Crippen LogP contribution in [0, 0.1) is 0 Å². The summed E-state index contributed by atoms with van der Waals surface area (Å²) in [4.78, 5) is 4.06. The summed E-state index contributed by atoms with van der Waals surface area (Å²) >= 11 is 3.28. The Hall–Kier alpha value is -0.910. The van der Waals surface area contributed by atoms with E-state index in [4.69, 9.17) is 10.2 Å². The SMILES string of the molecule is CC(CO)(CO)N=Cc1cc(Br)ccc1O. The van der Waals surface area contributed by atoms with E-state index in [-0.39, 0.29) is 19.0 Å². The predicted molar refractivity (Wildman–Crippen MR) is 66.0 cm³/mol. The number of aromatic hydroxyl groups is 1. The van der Waals surface area contributed by atoms with Crippen LogP contribution in [-0.4, -0.2) is 40.3 Å². The molecule has 0 heterocycles. The second-order valence-corrected chi connectivity index (χ2v) is 4.69. The van der Waals surface area contributed by atoms with E-state index >= 15 is 0 Å². The van der Waals surface area contributed by atoms with Crippen LogP contribution in [0.15, 0.2) is 27.7 Å². The van der Waals surface area contributed by atoms with Crippen molar-refractivity contribution in [3.05, 3.63) is 28.2 Å². The first-order valence-electron chi connectivity index (χ1n) is 4.76. The van der Waals surface area contributed by atoms with Gasteiger partial charge in [0.1, 0.15) is 11.3 Å². The van der Waals surface area contributed by atoms with Gasteiger partial charge in [-0.05, 0) is 25.1 Å². The Morgan fingerprint density at radius 3 is 2.56 bits per heavy atom. The summed E-state index contributed by atoms with van der Waals surface area (Å²) in [6.45, 7) is 1.11. The maximum absolute atomic E-state index is 9.54. The summed E-state index contributed by atoms with van der Waals surface area (Å²) in [6.07, 6.45) is 1.44. The highest BCUT2D eigenvalue weighted by Gasteiger charge is 2.19. The molecule has 0 unspecified atom stereocenters. The Balaban J connectivity index is 2.95. The molecule has 1 aromatic carbocycles. The molecule has 0 saturated carbocycles. The molecular formula is C11H14BrNO3. The van der Waals surface area contributed by atoms with Gasteiger partial charge in [0.2, 0.25) is 0 Å². The minimum absolute atomic E-state index is 0.102. The summed E-state index contributed by atoms with van der Waals surface area (Å²) in [5.41, 5.74) is -0.392. The van der Waals surface area contributed by atoms with Crippen LogP contribution in [0.25, 0.3) is 0 Å². The van der Waals surface area contributed by atoms with Crippen molar-refractivity contribution in [3.8, 4) is 5.75 Å². The molecule has 0 aliphatic rings. The van der Waals surface area contributed by atoms with Crippen molar-refractivity contribution in [1.82, 2.24) is 0 Å². The van der Waals surface area contributed by atoms with Crippen LogP contribution in [0.4, 0.5) is 0 Å². The summed E-state index contributed by atoms with van der Waals surface area (Å²) in [5, 5.41) is 27.6. The molecule has 0 amide bonds. The van der Waals surface area contributed by atoms with Gasteiger partial charge in [-0.1, -0.05) is 15.9 Å². The molecule has 0 bridgehead atoms. The highest BCUT2D eigenvalue weighted by Crippen LogP contribution is 2.21. The predicted octanol–water partition coefficient (Wildman–Crippen LogP) is 1.32. The van der Waals surface area contributed by atoms with Gasteiger partial charge in [-0.3, -0.25) is 4.99 Å². The quantitative estimate of drug-likeness (QED) is 0.732. The van der Waals surface area contributed by atoms with E-state index in [9.17, 15) is 5.11 Å². The molecule has 3 N–H and O–H groups in total. The number of aliphatic imine (C=N–C) groups is 1. The van der Waals surface area contributed by atoms with Crippen LogP contribution in [0.3, 0.4) is 0 Å². The maximum Gasteiger partial charge on any atom is 0.124 e. The first kappa shape index (κ1) is 13.2. The van der Waals surface area contributed by atoms with E-state index < -0.39 is 5.54 Å². The maximum atomic E-state index is 9.54. The molecule has 16 heavy (non-hydrogen) atoms. The third kappa shape index (κ3) is 3.30. The van der Waals surface area contributed by atoms with Gasteiger partial charge in [0, 0.05) is 16.3 Å². The molecule has 88 valence electrons. The van der Waals surface area contributed by atoms with Crippen LogP contribution in [0.5, 0.6) is 5.75 Å². The number of aliphatic hydroxyl groups excluding tert-OH is 2. The minimum atomic E-state index is -0.922. The zero-order valence-electron chi connectivity index (χ0n) is 8.89. The van der Waals surface area contributed by atoms with Gasteiger partial charge in [-0.25, -0.2) is 0 Å². The van der Waals surface area contributed by atoms with Crippen LogP contribution in [0.1, 0.15) is 12.5 Å². The topological polar surface area (TPSA) is 73.0 Å². The Kier molecular flexibility index (Phi) is 4.46. The highest BCUT2D eigenvalue weighted by molar-refractivity contribution is 9.10. The second-order valence-electron chi connectivity index (χ2n) is 3.77. The van der Waals surface area contributed by atoms with E-state index in [1.807, 2.05) is 0 Å². The van der Waals surface area contributed by atoms with Crippen molar-refractivity contribution in [2.75, 3.05) is 13.2 Å². The monoisotopic (exact) mass is 287 g/mol. The number of benzene rings is 1. The van der Waals surface area contributed by atoms with Crippen LogP contribution >= 0.6 is 15.9 Å². The molecule has 0 saturated heterocycles. The van der Waals surface area contributed by atoms with Crippen molar-refractivity contribution < 1.29 is 15.3 Å².